The van der Waals surface area contributed by atoms with Gasteiger partial charge in [0.05, 0.1) is 5.92 Å². The van der Waals surface area contributed by atoms with Crippen molar-refractivity contribution in [3.63, 3.8) is 0 Å². The fourth-order valence-electron chi connectivity index (χ4n) is 2.15. The highest BCUT2D eigenvalue weighted by Crippen LogP contribution is 2.16. The molecule has 1 fully saturated rings. The van der Waals surface area contributed by atoms with E-state index in [1.165, 1.54) is 5.57 Å². The maximum absolute atomic E-state index is 11.2. The van der Waals surface area contributed by atoms with Gasteiger partial charge in [0.25, 0.3) is 0 Å². The summed E-state index contributed by atoms with van der Waals surface area (Å²) < 4.78 is 0. The van der Waals surface area contributed by atoms with Crippen LogP contribution in [0.4, 0.5) is 0 Å². The molecule has 4 heteroatoms. The summed E-state index contributed by atoms with van der Waals surface area (Å²) in [5.74, 6) is -0.143. The average molecular weight is 239 g/mol. The van der Waals surface area contributed by atoms with Gasteiger partial charge in [0.2, 0.25) is 5.91 Å². The van der Waals surface area contributed by atoms with Crippen molar-refractivity contribution in [2.24, 2.45) is 11.7 Å². The minimum Gasteiger partial charge on any atom is -0.369 e. The fraction of sp³-hybridized carbons (Fsp3) is 0.769. The summed E-state index contributed by atoms with van der Waals surface area (Å²) in [6, 6.07) is 0.478. The van der Waals surface area contributed by atoms with E-state index in [0.717, 1.165) is 39.0 Å². The summed E-state index contributed by atoms with van der Waals surface area (Å²) in [5, 5.41) is 3.35. The number of amides is 1. The fourth-order valence-corrected chi connectivity index (χ4v) is 2.15. The number of nitrogens with two attached hydrogens (primary N) is 1. The second kappa shape index (κ2) is 6.77. The molecule has 1 atom stereocenters. The number of carbonyl (C=O) groups excluding carboxylic acids is 1. The zero-order valence-electron chi connectivity index (χ0n) is 11.0. The van der Waals surface area contributed by atoms with Crippen LogP contribution in [0, 0.1) is 5.92 Å². The van der Waals surface area contributed by atoms with Gasteiger partial charge in [-0.15, -0.1) is 0 Å². The Balaban J connectivity index is 2.30. The molecule has 1 aliphatic rings. The Kier molecular flexibility index (Phi) is 5.65. The van der Waals surface area contributed by atoms with E-state index in [0.29, 0.717) is 6.04 Å². The predicted octanol–water partition coefficient (Wildman–Crippen LogP) is 0.738. The van der Waals surface area contributed by atoms with Crippen LogP contribution < -0.4 is 11.1 Å². The summed E-state index contributed by atoms with van der Waals surface area (Å²) in [6.45, 7) is 11.9. The van der Waals surface area contributed by atoms with Gasteiger partial charge in [-0.1, -0.05) is 20.4 Å². The lowest BCUT2D eigenvalue weighted by atomic mass is 9.97. The molecule has 3 N–H and O–H groups in total. The van der Waals surface area contributed by atoms with Gasteiger partial charge in [0.15, 0.2) is 0 Å². The quantitative estimate of drug-likeness (QED) is 0.672. The number of rotatable bonds is 6. The van der Waals surface area contributed by atoms with Crippen molar-refractivity contribution in [2.75, 3.05) is 26.2 Å². The van der Waals surface area contributed by atoms with Gasteiger partial charge in [-0.05, 0) is 25.0 Å². The van der Waals surface area contributed by atoms with Gasteiger partial charge < -0.3 is 11.1 Å². The van der Waals surface area contributed by atoms with Crippen LogP contribution in [0.15, 0.2) is 12.2 Å². The monoisotopic (exact) mass is 239 g/mol. The molecule has 0 bridgehead atoms. The molecule has 98 valence electrons. The Morgan fingerprint density at radius 1 is 1.59 bits per heavy atom. The van der Waals surface area contributed by atoms with Gasteiger partial charge in [-0.3, -0.25) is 9.69 Å². The Morgan fingerprint density at radius 3 is 2.88 bits per heavy atom. The van der Waals surface area contributed by atoms with Crippen LogP contribution in [0.25, 0.3) is 0 Å². The van der Waals surface area contributed by atoms with Crippen LogP contribution in [0.5, 0.6) is 0 Å². The Hall–Kier alpha value is -0.870. The van der Waals surface area contributed by atoms with Crippen molar-refractivity contribution in [1.29, 1.82) is 0 Å². The van der Waals surface area contributed by atoms with Crippen molar-refractivity contribution in [3.05, 3.63) is 12.2 Å². The predicted molar refractivity (Wildman–Crippen MR) is 70.6 cm³/mol. The van der Waals surface area contributed by atoms with E-state index in [2.05, 4.69) is 30.6 Å². The van der Waals surface area contributed by atoms with Crippen molar-refractivity contribution >= 4 is 5.91 Å². The number of hydrogen-bond acceptors (Lipinski definition) is 3. The number of likely N-dealkylation sites (tertiary alicyclic amines) is 1. The molecule has 17 heavy (non-hydrogen) atoms. The largest absolute Gasteiger partial charge is 0.369 e. The highest BCUT2D eigenvalue weighted by Gasteiger charge is 2.23. The summed E-state index contributed by atoms with van der Waals surface area (Å²) in [7, 11) is 0. The molecule has 4 nitrogen and oxygen atoms in total. The van der Waals surface area contributed by atoms with Crippen LogP contribution in [0.2, 0.25) is 0 Å². The zero-order chi connectivity index (χ0) is 12.8. The van der Waals surface area contributed by atoms with E-state index < -0.39 is 0 Å². The molecule has 1 saturated heterocycles. The van der Waals surface area contributed by atoms with E-state index in [4.69, 9.17) is 5.73 Å². The molecule has 0 aromatic rings. The molecule has 0 aromatic carbocycles. The lowest BCUT2D eigenvalue weighted by Crippen LogP contribution is -2.42. The third kappa shape index (κ3) is 5.33. The van der Waals surface area contributed by atoms with Crippen LogP contribution >= 0.6 is 0 Å². The number of primary amides is 1. The van der Waals surface area contributed by atoms with Gasteiger partial charge in [-0.25, -0.2) is 0 Å². The van der Waals surface area contributed by atoms with Crippen molar-refractivity contribution in [3.8, 4) is 0 Å². The first-order valence-corrected chi connectivity index (χ1v) is 6.40. The van der Waals surface area contributed by atoms with Crippen LogP contribution in [0.3, 0.4) is 0 Å². The minimum absolute atomic E-state index is 0.0228. The maximum atomic E-state index is 11.2. The smallest absolute Gasteiger partial charge is 0.221 e. The van der Waals surface area contributed by atoms with Gasteiger partial charge >= 0.3 is 0 Å². The van der Waals surface area contributed by atoms with E-state index in [1.807, 2.05) is 0 Å². The zero-order valence-corrected chi connectivity index (χ0v) is 11.0. The molecule has 0 aromatic heterocycles. The van der Waals surface area contributed by atoms with E-state index in [1.54, 1.807) is 0 Å². The maximum Gasteiger partial charge on any atom is 0.221 e. The third-order valence-electron chi connectivity index (χ3n) is 3.12. The molecular weight excluding hydrogens is 214 g/mol. The highest BCUT2D eigenvalue weighted by molar-refractivity contribution is 5.76. The summed E-state index contributed by atoms with van der Waals surface area (Å²) in [4.78, 5) is 13.4. The summed E-state index contributed by atoms with van der Waals surface area (Å²) in [5.41, 5.74) is 6.53. The van der Waals surface area contributed by atoms with Gasteiger partial charge in [0, 0.05) is 25.7 Å². The van der Waals surface area contributed by atoms with Gasteiger partial charge in [0.1, 0.15) is 0 Å². The molecule has 1 heterocycles. The molecular formula is C13H25N3O. The number of nitrogens with one attached hydrogen (secondary N) is 1. The molecule has 0 radical (unpaired) electrons. The highest BCUT2D eigenvalue weighted by atomic mass is 16.1. The molecule has 0 saturated carbocycles. The van der Waals surface area contributed by atoms with E-state index >= 15 is 0 Å². The van der Waals surface area contributed by atoms with Crippen LogP contribution in [0.1, 0.15) is 26.7 Å². The lowest BCUT2D eigenvalue weighted by molar-refractivity contribution is -0.123. The Morgan fingerprint density at radius 2 is 2.29 bits per heavy atom. The van der Waals surface area contributed by atoms with Gasteiger partial charge in [-0.2, -0.15) is 0 Å². The average Bonchev–Trinajstić information content (AvgIpc) is 2.26. The molecule has 1 unspecified atom stereocenters. The van der Waals surface area contributed by atoms with Crippen molar-refractivity contribution < 1.29 is 4.79 Å². The topological polar surface area (TPSA) is 58.4 Å². The van der Waals surface area contributed by atoms with E-state index in [-0.39, 0.29) is 11.8 Å². The SMILES string of the molecule is C=C(CNC(C)C)CN1CCCC(C(N)=O)C1. The Labute approximate surface area is 104 Å². The number of piperidine rings is 1. The lowest BCUT2D eigenvalue weighted by Gasteiger charge is -2.31. The number of hydrogen-bond donors (Lipinski definition) is 2. The number of carbonyl (C=O) groups is 1. The first-order chi connectivity index (χ1) is 7.99. The normalized spacial score (nSPS) is 21.7. The first kappa shape index (κ1) is 14.2. The van der Waals surface area contributed by atoms with Crippen molar-refractivity contribution in [2.45, 2.75) is 32.7 Å². The number of nitrogens with zero attached hydrogens (tertiary/aromatic N) is 1. The summed E-state index contributed by atoms with van der Waals surface area (Å²) in [6.07, 6.45) is 1.99. The standard InChI is InChI=1S/C13H25N3O/c1-10(2)15-7-11(3)8-16-6-4-5-12(9-16)13(14)17/h10,12,15H,3-9H2,1-2H3,(H2,14,17). The van der Waals surface area contributed by atoms with Crippen LogP contribution in [-0.4, -0.2) is 43.0 Å². The Bertz CT molecular complexity index is 276. The molecule has 1 rings (SSSR count). The van der Waals surface area contributed by atoms with E-state index in [9.17, 15) is 4.79 Å². The molecule has 0 aliphatic carbocycles. The first-order valence-electron chi connectivity index (χ1n) is 6.40. The second-order valence-corrected chi connectivity index (χ2v) is 5.26. The minimum atomic E-state index is -0.166. The molecule has 1 aliphatic heterocycles. The van der Waals surface area contributed by atoms with Crippen LogP contribution in [-0.2, 0) is 4.79 Å². The third-order valence-corrected chi connectivity index (χ3v) is 3.12. The second-order valence-electron chi connectivity index (χ2n) is 5.26. The molecule has 1 amide bonds. The van der Waals surface area contributed by atoms with Crippen molar-refractivity contribution in [1.82, 2.24) is 10.2 Å². The molecule has 0 spiro atoms. The summed E-state index contributed by atoms with van der Waals surface area (Å²) >= 11 is 0.